The Labute approximate surface area is 115 Å². The maximum atomic E-state index is 12.6. The molecule has 1 unspecified atom stereocenters. The highest BCUT2D eigenvalue weighted by atomic mass is 32.2. The topological polar surface area (TPSA) is 66.6 Å². The van der Waals surface area contributed by atoms with E-state index in [1.54, 1.807) is 23.5 Å². The molecule has 1 atom stereocenters. The zero-order chi connectivity index (χ0) is 13.9. The molecular formula is C13H21N3O2S. The number of piperidine rings is 1. The van der Waals surface area contributed by atoms with E-state index in [4.69, 9.17) is 5.73 Å². The summed E-state index contributed by atoms with van der Waals surface area (Å²) < 4.78 is 28.0. The lowest BCUT2D eigenvalue weighted by Crippen LogP contribution is -2.48. The number of para-hydroxylation sites is 1. The third kappa shape index (κ3) is 3.08. The highest BCUT2D eigenvalue weighted by Gasteiger charge is 2.31. The molecule has 1 aromatic rings. The standard InChI is InChI=1S/C13H21N3O2S/c1-15(13-7-3-2-4-8-13)19(17,18)16-9-5-6-12(10-14)11-16/h2-4,7-8,12H,5-6,9-11,14H2,1H3. The molecule has 5 nitrogen and oxygen atoms in total. The van der Waals surface area contributed by atoms with E-state index >= 15 is 0 Å². The van der Waals surface area contributed by atoms with Crippen LogP contribution in [0.3, 0.4) is 0 Å². The maximum absolute atomic E-state index is 12.6. The summed E-state index contributed by atoms with van der Waals surface area (Å²) in [7, 11) is -1.85. The SMILES string of the molecule is CN(c1ccccc1)S(=O)(=O)N1CCCC(CN)C1. The van der Waals surface area contributed by atoms with E-state index in [-0.39, 0.29) is 5.92 Å². The summed E-state index contributed by atoms with van der Waals surface area (Å²) >= 11 is 0. The maximum Gasteiger partial charge on any atom is 0.303 e. The lowest BCUT2D eigenvalue weighted by Gasteiger charge is -2.34. The number of nitrogens with two attached hydrogens (primary N) is 1. The summed E-state index contributed by atoms with van der Waals surface area (Å²) in [5, 5.41) is 0. The van der Waals surface area contributed by atoms with Crippen LogP contribution in [0.1, 0.15) is 12.8 Å². The van der Waals surface area contributed by atoms with Crippen LogP contribution in [-0.4, -0.2) is 39.4 Å². The van der Waals surface area contributed by atoms with Crippen molar-refractivity contribution in [2.75, 3.05) is 31.0 Å². The minimum atomic E-state index is -3.45. The van der Waals surface area contributed by atoms with Gasteiger partial charge in [-0.2, -0.15) is 12.7 Å². The second-order valence-electron chi connectivity index (χ2n) is 4.91. The molecule has 0 saturated carbocycles. The Balaban J connectivity index is 2.18. The van der Waals surface area contributed by atoms with Crippen LogP contribution in [0.2, 0.25) is 0 Å². The molecule has 0 radical (unpaired) electrons. The molecule has 106 valence electrons. The lowest BCUT2D eigenvalue weighted by molar-refractivity contribution is 0.271. The van der Waals surface area contributed by atoms with E-state index < -0.39 is 10.2 Å². The summed E-state index contributed by atoms with van der Waals surface area (Å²) in [5.41, 5.74) is 6.34. The van der Waals surface area contributed by atoms with Gasteiger partial charge in [-0.25, -0.2) is 0 Å². The van der Waals surface area contributed by atoms with Crippen LogP contribution >= 0.6 is 0 Å². The van der Waals surface area contributed by atoms with Gasteiger partial charge in [0.05, 0.1) is 5.69 Å². The first kappa shape index (κ1) is 14.3. The molecule has 2 N–H and O–H groups in total. The number of rotatable bonds is 4. The van der Waals surface area contributed by atoms with Crippen molar-refractivity contribution >= 4 is 15.9 Å². The molecule has 1 heterocycles. The molecule has 0 bridgehead atoms. The third-order valence-corrected chi connectivity index (χ3v) is 5.49. The summed E-state index contributed by atoms with van der Waals surface area (Å²) in [6, 6.07) is 9.12. The first-order valence-corrected chi connectivity index (χ1v) is 7.94. The van der Waals surface area contributed by atoms with Crippen molar-refractivity contribution in [3.8, 4) is 0 Å². The fourth-order valence-corrected chi connectivity index (χ4v) is 3.87. The normalized spacial score (nSPS) is 21.3. The van der Waals surface area contributed by atoms with Crippen molar-refractivity contribution in [3.05, 3.63) is 30.3 Å². The Kier molecular flexibility index (Phi) is 4.44. The minimum absolute atomic E-state index is 0.271. The van der Waals surface area contributed by atoms with Crippen molar-refractivity contribution in [1.29, 1.82) is 0 Å². The van der Waals surface area contributed by atoms with Crippen molar-refractivity contribution in [2.45, 2.75) is 12.8 Å². The molecule has 1 fully saturated rings. The molecule has 0 spiro atoms. The van der Waals surface area contributed by atoms with Gasteiger partial charge in [0.15, 0.2) is 0 Å². The molecule has 1 aromatic carbocycles. The fourth-order valence-electron chi connectivity index (χ4n) is 2.37. The molecule has 0 aromatic heterocycles. The highest BCUT2D eigenvalue weighted by molar-refractivity contribution is 7.90. The molecular weight excluding hydrogens is 262 g/mol. The first-order valence-electron chi connectivity index (χ1n) is 6.55. The van der Waals surface area contributed by atoms with Crippen LogP contribution in [0.4, 0.5) is 5.69 Å². The molecule has 6 heteroatoms. The molecule has 0 aliphatic carbocycles. The van der Waals surface area contributed by atoms with Crippen LogP contribution in [0.15, 0.2) is 30.3 Å². The molecule has 19 heavy (non-hydrogen) atoms. The molecule has 1 saturated heterocycles. The van der Waals surface area contributed by atoms with Crippen molar-refractivity contribution < 1.29 is 8.42 Å². The first-order chi connectivity index (χ1) is 9.05. The van der Waals surface area contributed by atoms with Gasteiger partial charge < -0.3 is 5.73 Å². The fraction of sp³-hybridized carbons (Fsp3) is 0.538. The summed E-state index contributed by atoms with van der Waals surface area (Å²) in [5.74, 6) is 0.271. The van der Waals surface area contributed by atoms with Crippen molar-refractivity contribution in [1.82, 2.24) is 4.31 Å². The predicted molar refractivity (Wildman–Crippen MR) is 77.1 cm³/mol. The van der Waals surface area contributed by atoms with Crippen LogP contribution in [0.25, 0.3) is 0 Å². The van der Waals surface area contributed by atoms with Gasteiger partial charge in [-0.05, 0) is 37.4 Å². The third-order valence-electron chi connectivity index (χ3n) is 3.61. The van der Waals surface area contributed by atoms with Gasteiger partial charge in [-0.15, -0.1) is 0 Å². The average Bonchev–Trinajstić information content (AvgIpc) is 2.47. The van der Waals surface area contributed by atoms with E-state index in [2.05, 4.69) is 0 Å². The van der Waals surface area contributed by atoms with E-state index in [1.165, 1.54) is 4.31 Å². The molecule has 1 aliphatic heterocycles. The van der Waals surface area contributed by atoms with E-state index in [9.17, 15) is 8.42 Å². The summed E-state index contributed by atoms with van der Waals surface area (Å²) in [6.45, 7) is 1.65. The number of anilines is 1. The number of hydrogen-bond donors (Lipinski definition) is 1. The number of nitrogens with zero attached hydrogens (tertiary/aromatic N) is 2. The Morgan fingerprint density at radius 1 is 1.37 bits per heavy atom. The number of benzene rings is 1. The largest absolute Gasteiger partial charge is 0.330 e. The molecule has 2 rings (SSSR count). The Hall–Kier alpha value is -1.11. The Bertz CT molecular complexity index is 504. The van der Waals surface area contributed by atoms with Gasteiger partial charge >= 0.3 is 10.2 Å². The van der Waals surface area contributed by atoms with E-state index in [0.29, 0.717) is 25.3 Å². The van der Waals surface area contributed by atoms with Gasteiger partial charge in [0.25, 0.3) is 0 Å². The second-order valence-corrected chi connectivity index (χ2v) is 6.87. The van der Waals surface area contributed by atoms with Crippen LogP contribution in [0, 0.1) is 5.92 Å². The van der Waals surface area contributed by atoms with E-state index in [1.807, 2.05) is 18.2 Å². The van der Waals surface area contributed by atoms with Gasteiger partial charge in [-0.3, -0.25) is 4.31 Å². The van der Waals surface area contributed by atoms with Gasteiger partial charge in [0.2, 0.25) is 0 Å². The summed E-state index contributed by atoms with van der Waals surface area (Å²) in [4.78, 5) is 0. The van der Waals surface area contributed by atoms with Crippen molar-refractivity contribution in [2.24, 2.45) is 11.7 Å². The quantitative estimate of drug-likeness (QED) is 0.898. The predicted octanol–water partition coefficient (Wildman–Crippen LogP) is 1.04. The monoisotopic (exact) mass is 283 g/mol. The number of hydrogen-bond acceptors (Lipinski definition) is 3. The Morgan fingerprint density at radius 3 is 2.68 bits per heavy atom. The van der Waals surface area contributed by atoms with Gasteiger partial charge in [0.1, 0.15) is 0 Å². The van der Waals surface area contributed by atoms with E-state index in [0.717, 1.165) is 12.8 Å². The minimum Gasteiger partial charge on any atom is -0.330 e. The molecule has 0 amide bonds. The zero-order valence-corrected chi connectivity index (χ0v) is 12.0. The van der Waals surface area contributed by atoms with Gasteiger partial charge in [-0.1, -0.05) is 18.2 Å². The summed E-state index contributed by atoms with van der Waals surface area (Å²) in [6.07, 6.45) is 1.89. The zero-order valence-electron chi connectivity index (χ0n) is 11.2. The Morgan fingerprint density at radius 2 is 2.05 bits per heavy atom. The van der Waals surface area contributed by atoms with Crippen LogP contribution < -0.4 is 10.0 Å². The smallest absolute Gasteiger partial charge is 0.303 e. The van der Waals surface area contributed by atoms with Crippen LogP contribution in [0.5, 0.6) is 0 Å². The van der Waals surface area contributed by atoms with Crippen molar-refractivity contribution in [3.63, 3.8) is 0 Å². The highest BCUT2D eigenvalue weighted by Crippen LogP contribution is 2.23. The van der Waals surface area contributed by atoms with Gasteiger partial charge in [0, 0.05) is 20.1 Å². The van der Waals surface area contributed by atoms with Crippen LogP contribution in [-0.2, 0) is 10.2 Å². The molecule has 1 aliphatic rings. The lowest BCUT2D eigenvalue weighted by atomic mass is 10.0. The second kappa shape index (κ2) is 5.90. The average molecular weight is 283 g/mol.